The number of carboxylic acid groups (broad SMARTS) is 1. The van der Waals surface area contributed by atoms with Crippen LogP contribution in [0.15, 0.2) is 33.5 Å². The number of benzene rings is 1. The second-order valence-corrected chi connectivity index (χ2v) is 2.80. The molecule has 0 saturated heterocycles. The van der Waals surface area contributed by atoms with Crippen molar-refractivity contribution < 1.29 is 14.3 Å². The molecule has 0 fully saturated rings. The van der Waals surface area contributed by atoms with Crippen LogP contribution < -0.4 is 5.76 Å². The highest BCUT2D eigenvalue weighted by molar-refractivity contribution is 5.88. The summed E-state index contributed by atoms with van der Waals surface area (Å²) in [6, 6.07) is 5.85. The number of carboxylic acids is 1. The van der Waals surface area contributed by atoms with E-state index in [9.17, 15) is 9.59 Å². The molecule has 1 heterocycles. The summed E-state index contributed by atoms with van der Waals surface area (Å²) < 4.78 is 4.70. The molecule has 0 atom stereocenters. The number of aromatic nitrogens is 2. The second kappa shape index (κ2) is 3.41. The highest BCUT2D eigenvalue weighted by Crippen LogP contribution is 2.15. The zero-order valence-corrected chi connectivity index (χ0v) is 7.43. The molecule has 1 aromatic carbocycles. The quantitative estimate of drug-likeness (QED) is 0.754. The number of H-pyrrole nitrogens is 1. The molecule has 2 N–H and O–H groups in total. The Kier molecular flexibility index (Phi) is 2.09. The Balaban J connectivity index is 2.39. The summed E-state index contributed by atoms with van der Waals surface area (Å²) >= 11 is 0. The van der Waals surface area contributed by atoms with Gasteiger partial charge in [-0.15, -0.1) is 5.10 Å². The minimum absolute atomic E-state index is 0.136. The van der Waals surface area contributed by atoms with Gasteiger partial charge in [-0.1, -0.05) is 0 Å². The molecule has 0 radical (unpaired) electrons. The van der Waals surface area contributed by atoms with Crippen molar-refractivity contribution in [3.8, 4) is 11.5 Å². The van der Waals surface area contributed by atoms with E-state index in [1.54, 1.807) is 0 Å². The standard InChI is InChI=1S/C9H6N2O4/c12-8(13)6-3-1-5(2-4-6)7-10-11-9(14)15-7/h1-4H,(H,11,14)(H,12,13). The van der Waals surface area contributed by atoms with E-state index in [1.807, 2.05) is 0 Å². The van der Waals surface area contributed by atoms with E-state index in [2.05, 4.69) is 10.2 Å². The first kappa shape index (κ1) is 9.20. The highest BCUT2D eigenvalue weighted by Gasteiger charge is 2.06. The summed E-state index contributed by atoms with van der Waals surface area (Å²) in [6.07, 6.45) is 0. The minimum Gasteiger partial charge on any atom is -0.478 e. The van der Waals surface area contributed by atoms with Crippen LogP contribution >= 0.6 is 0 Å². The van der Waals surface area contributed by atoms with Gasteiger partial charge in [-0.2, -0.15) is 0 Å². The van der Waals surface area contributed by atoms with Crippen LogP contribution in [-0.2, 0) is 0 Å². The predicted molar refractivity (Wildman–Crippen MR) is 49.5 cm³/mol. The van der Waals surface area contributed by atoms with Crippen molar-refractivity contribution in [2.75, 3.05) is 0 Å². The Hall–Kier alpha value is -2.37. The van der Waals surface area contributed by atoms with Crippen LogP contribution in [0.1, 0.15) is 10.4 Å². The van der Waals surface area contributed by atoms with Gasteiger partial charge in [-0.3, -0.25) is 0 Å². The fourth-order valence-corrected chi connectivity index (χ4v) is 1.11. The Bertz CT molecular complexity index is 538. The number of rotatable bonds is 2. The van der Waals surface area contributed by atoms with Gasteiger partial charge in [0.1, 0.15) is 0 Å². The van der Waals surface area contributed by atoms with Crippen LogP contribution in [0.2, 0.25) is 0 Å². The molecule has 6 nitrogen and oxygen atoms in total. The number of carbonyl (C=O) groups is 1. The summed E-state index contributed by atoms with van der Waals surface area (Å²) in [6.45, 7) is 0. The Morgan fingerprint density at radius 1 is 1.33 bits per heavy atom. The van der Waals surface area contributed by atoms with Crippen molar-refractivity contribution in [2.45, 2.75) is 0 Å². The summed E-state index contributed by atoms with van der Waals surface area (Å²) in [5, 5.41) is 14.4. The van der Waals surface area contributed by atoms with Crippen molar-refractivity contribution in [3.63, 3.8) is 0 Å². The third-order valence-electron chi connectivity index (χ3n) is 1.82. The largest absolute Gasteiger partial charge is 0.478 e. The van der Waals surface area contributed by atoms with Crippen LogP contribution in [0.5, 0.6) is 0 Å². The Labute approximate surface area is 83.2 Å². The first-order chi connectivity index (χ1) is 7.16. The fourth-order valence-electron chi connectivity index (χ4n) is 1.11. The van der Waals surface area contributed by atoms with Gasteiger partial charge in [0.25, 0.3) is 0 Å². The molecule has 1 aromatic heterocycles. The molecular formula is C9H6N2O4. The number of aromatic carboxylic acids is 1. The van der Waals surface area contributed by atoms with Crippen molar-refractivity contribution in [1.82, 2.24) is 10.2 Å². The lowest BCUT2D eigenvalue weighted by Gasteiger charge is -1.95. The van der Waals surface area contributed by atoms with E-state index in [0.717, 1.165) is 0 Å². The van der Waals surface area contributed by atoms with Crippen molar-refractivity contribution >= 4 is 5.97 Å². The zero-order valence-electron chi connectivity index (χ0n) is 7.43. The van der Waals surface area contributed by atoms with Crippen molar-refractivity contribution in [3.05, 3.63) is 40.4 Å². The van der Waals surface area contributed by atoms with Crippen LogP contribution in [0.3, 0.4) is 0 Å². The zero-order chi connectivity index (χ0) is 10.8. The monoisotopic (exact) mass is 206 g/mol. The van der Waals surface area contributed by atoms with E-state index in [1.165, 1.54) is 24.3 Å². The van der Waals surface area contributed by atoms with Crippen LogP contribution in [0.4, 0.5) is 0 Å². The number of hydrogen-bond donors (Lipinski definition) is 2. The molecule has 0 amide bonds. The SMILES string of the molecule is O=C(O)c1ccc(-c2n[nH]c(=O)o2)cc1. The maximum atomic E-state index is 10.7. The summed E-state index contributed by atoms with van der Waals surface area (Å²) in [5.74, 6) is -1.52. The molecule has 0 bridgehead atoms. The molecule has 2 rings (SSSR count). The smallest absolute Gasteiger partial charge is 0.434 e. The lowest BCUT2D eigenvalue weighted by atomic mass is 10.1. The van der Waals surface area contributed by atoms with E-state index < -0.39 is 11.7 Å². The molecule has 0 spiro atoms. The first-order valence-electron chi connectivity index (χ1n) is 4.06. The summed E-state index contributed by atoms with van der Waals surface area (Å²) in [5.41, 5.74) is 0.704. The maximum Gasteiger partial charge on any atom is 0.434 e. The topological polar surface area (TPSA) is 96.2 Å². The molecule has 6 heteroatoms. The highest BCUT2D eigenvalue weighted by atomic mass is 16.4. The molecule has 2 aromatic rings. The average molecular weight is 206 g/mol. The lowest BCUT2D eigenvalue weighted by molar-refractivity contribution is 0.0697. The molecular weight excluding hydrogens is 200 g/mol. The van der Waals surface area contributed by atoms with Gasteiger partial charge in [-0.25, -0.2) is 14.7 Å². The Morgan fingerprint density at radius 2 is 2.00 bits per heavy atom. The molecule has 0 aliphatic carbocycles. The fraction of sp³-hybridized carbons (Fsp3) is 0. The van der Waals surface area contributed by atoms with E-state index >= 15 is 0 Å². The summed E-state index contributed by atoms with van der Waals surface area (Å²) in [7, 11) is 0. The lowest BCUT2D eigenvalue weighted by Crippen LogP contribution is -1.95. The predicted octanol–water partition coefficient (Wildman–Crippen LogP) is 0.728. The van der Waals surface area contributed by atoms with Gasteiger partial charge in [0, 0.05) is 5.56 Å². The molecule has 15 heavy (non-hydrogen) atoms. The number of aromatic amines is 1. The normalized spacial score (nSPS) is 10.1. The molecule has 0 unspecified atom stereocenters. The Morgan fingerprint density at radius 3 is 2.47 bits per heavy atom. The van der Waals surface area contributed by atoms with Crippen LogP contribution in [0, 0.1) is 0 Å². The molecule has 0 aliphatic rings. The minimum atomic E-state index is -1.01. The third-order valence-corrected chi connectivity index (χ3v) is 1.82. The third kappa shape index (κ3) is 1.78. The van der Waals surface area contributed by atoms with E-state index in [0.29, 0.717) is 5.56 Å². The van der Waals surface area contributed by atoms with Gasteiger partial charge in [0.05, 0.1) is 5.56 Å². The van der Waals surface area contributed by atoms with Gasteiger partial charge >= 0.3 is 11.7 Å². The van der Waals surface area contributed by atoms with E-state index in [4.69, 9.17) is 9.52 Å². The second-order valence-electron chi connectivity index (χ2n) is 2.80. The maximum absolute atomic E-state index is 10.7. The van der Waals surface area contributed by atoms with Crippen LogP contribution in [-0.4, -0.2) is 21.3 Å². The van der Waals surface area contributed by atoms with Crippen molar-refractivity contribution in [2.24, 2.45) is 0 Å². The van der Waals surface area contributed by atoms with Gasteiger partial charge in [0.2, 0.25) is 5.89 Å². The number of nitrogens with one attached hydrogen (secondary N) is 1. The molecule has 0 aliphatic heterocycles. The first-order valence-corrected chi connectivity index (χ1v) is 4.06. The van der Waals surface area contributed by atoms with E-state index in [-0.39, 0.29) is 11.5 Å². The van der Waals surface area contributed by atoms with Gasteiger partial charge in [-0.05, 0) is 24.3 Å². The molecule has 0 saturated carbocycles. The number of hydrogen-bond acceptors (Lipinski definition) is 4. The molecule has 76 valence electrons. The van der Waals surface area contributed by atoms with Crippen molar-refractivity contribution in [1.29, 1.82) is 0 Å². The summed E-state index contributed by atoms with van der Waals surface area (Å²) in [4.78, 5) is 21.2. The van der Waals surface area contributed by atoms with Gasteiger partial charge in [0.15, 0.2) is 0 Å². The van der Waals surface area contributed by atoms with Crippen LogP contribution in [0.25, 0.3) is 11.5 Å². The average Bonchev–Trinajstić information content (AvgIpc) is 2.65. The van der Waals surface area contributed by atoms with Gasteiger partial charge < -0.3 is 9.52 Å². The number of nitrogens with zero attached hydrogens (tertiary/aromatic N) is 1.